The fourth-order valence-electron chi connectivity index (χ4n) is 1.50. The molecule has 86 valence electrons. The first-order valence-corrected chi connectivity index (χ1v) is 5.98. The molecule has 0 saturated carbocycles. The van der Waals surface area contributed by atoms with E-state index in [2.05, 4.69) is 45.0 Å². The molecule has 0 fully saturated rings. The molecule has 1 atom stereocenters. The van der Waals surface area contributed by atoms with Gasteiger partial charge in [0.1, 0.15) is 0 Å². The van der Waals surface area contributed by atoms with Crippen LogP contribution < -0.4 is 5.32 Å². The Kier molecular flexibility index (Phi) is 8.20. The number of likely N-dealkylation sites (N-methyl/N-ethyl adjacent to an activating group) is 1. The van der Waals surface area contributed by atoms with E-state index in [0.717, 1.165) is 31.6 Å². The van der Waals surface area contributed by atoms with Gasteiger partial charge >= 0.3 is 0 Å². The molecule has 0 aromatic rings. The molecular formula is C12H28N2. The van der Waals surface area contributed by atoms with Crippen LogP contribution in [-0.2, 0) is 0 Å². The van der Waals surface area contributed by atoms with Crippen molar-refractivity contribution in [2.24, 2.45) is 5.92 Å². The van der Waals surface area contributed by atoms with Crippen molar-refractivity contribution < 1.29 is 0 Å². The van der Waals surface area contributed by atoms with Crippen molar-refractivity contribution in [3.8, 4) is 0 Å². The number of nitrogens with zero attached hydrogens (tertiary/aromatic N) is 1. The molecule has 0 saturated heterocycles. The van der Waals surface area contributed by atoms with E-state index in [4.69, 9.17) is 0 Å². The summed E-state index contributed by atoms with van der Waals surface area (Å²) in [6, 6.07) is 0.723. The van der Waals surface area contributed by atoms with Gasteiger partial charge in [-0.2, -0.15) is 0 Å². The number of nitrogens with one attached hydrogen (secondary N) is 1. The predicted molar refractivity (Wildman–Crippen MR) is 64.7 cm³/mol. The number of rotatable bonds is 8. The molecule has 2 nitrogen and oxygen atoms in total. The molecule has 0 bridgehead atoms. The van der Waals surface area contributed by atoms with E-state index in [1.165, 1.54) is 12.8 Å². The Morgan fingerprint density at radius 3 is 2.36 bits per heavy atom. The van der Waals surface area contributed by atoms with Gasteiger partial charge in [0.2, 0.25) is 0 Å². The summed E-state index contributed by atoms with van der Waals surface area (Å²) in [6.07, 6.45) is 2.59. The van der Waals surface area contributed by atoms with E-state index in [-0.39, 0.29) is 0 Å². The van der Waals surface area contributed by atoms with Crippen molar-refractivity contribution in [1.82, 2.24) is 10.2 Å². The standard InChI is InChI=1S/C12H28N2/c1-6-7-12(4)14(5)9-8-13-10-11(2)3/h11-13H,6-10H2,1-5H3. The topological polar surface area (TPSA) is 15.3 Å². The van der Waals surface area contributed by atoms with Gasteiger partial charge in [-0.05, 0) is 32.9 Å². The number of hydrogen-bond acceptors (Lipinski definition) is 2. The van der Waals surface area contributed by atoms with Crippen LogP contribution >= 0.6 is 0 Å². The smallest absolute Gasteiger partial charge is 0.0107 e. The summed E-state index contributed by atoms with van der Waals surface area (Å²) in [7, 11) is 2.22. The van der Waals surface area contributed by atoms with E-state index in [9.17, 15) is 0 Å². The van der Waals surface area contributed by atoms with Crippen molar-refractivity contribution in [1.29, 1.82) is 0 Å². The summed E-state index contributed by atoms with van der Waals surface area (Å²) in [6.45, 7) is 12.5. The van der Waals surface area contributed by atoms with Gasteiger partial charge in [0.25, 0.3) is 0 Å². The molecule has 0 aromatic carbocycles. The van der Waals surface area contributed by atoms with Crippen LogP contribution in [0.15, 0.2) is 0 Å². The third-order valence-corrected chi connectivity index (χ3v) is 2.65. The zero-order valence-electron chi connectivity index (χ0n) is 10.6. The molecule has 0 aliphatic rings. The highest BCUT2D eigenvalue weighted by Gasteiger charge is 2.06. The minimum atomic E-state index is 0.723. The SMILES string of the molecule is CCCC(C)N(C)CCNCC(C)C. The second-order valence-electron chi connectivity index (χ2n) is 4.72. The maximum Gasteiger partial charge on any atom is 0.0107 e. The van der Waals surface area contributed by atoms with E-state index in [0.29, 0.717) is 0 Å². The Morgan fingerprint density at radius 1 is 1.21 bits per heavy atom. The van der Waals surface area contributed by atoms with Crippen molar-refractivity contribution in [2.45, 2.75) is 46.6 Å². The van der Waals surface area contributed by atoms with Crippen molar-refractivity contribution in [3.63, 3.8) is 0 Å². The first-order chi connectivity index (χ1) is 6.57. The van der Waals surface area contributed by atoms with Crippen LogP contribution in [0.4, 0.5) is 0 Å². The molecule has 0 heterocycles. The third-order valence-electron chi connectivity index (χ3n) is 2.65. The van der Waals surface area contributed by atoms with E-state index >= 15 is 0 Å². The molecule has 0 aliphatic heterocycles. The van der Waals surface area contributed by atoms with Crippen LogP contribution in [0.1, 0.15) is 40.5 Å². The fourth-order valence-corrected chi connectivity index (χ4v) is 1.50. The summed E-state index contributed by atoms with van der Waals surface area (Å²) in [5.41, 5.74) is 0. The van der Waals surface area contributed by atoms with Crippen molar-refractivity contribution >= 4 is 0 Å². The Morgan fingerprint density at radius 2 is 1.86 bits per heavy atom. The maximum absolute atomic E-state index is 3.47. The normalized spacial score (nSPS) is 13.9. The van der Waals surface area contributed by atoms with Gasteiger partial charge < -0.3 is 10.2 Å². The van der Waals surface area contributed by atoms with Gasteiger partial charge in [0.15, 0.2) is 0 Å². The van der Waals surface area contributed by atoms with Crippen LogP contribution in [-0.4, -0.2) is 37.6 Å². The van der Waals surface area contributed by atoms with Gasteiger partial charge in [-0.25, -0.2) is 0 Å². The lowest BCUT2D eigenvalue weighted by Gasteiger charge is -2.24. The predicted octanol–water partition coefficient (Wildman–Crippen LogP) is 2.35. The van der Waals surface area contributed by atoms with Crippen molar-refractivity contribution in [2.75, 3.05) is 26.7 Å². The van der Waals surface area contributed by atoms with Gasteiger partial charge in [-0.1, -0.05) is 27.2 Å². The average Bonchev–Trinajstić information content (AvgIpc) is 2.12. The Bertz CT molecular complexity index is 123. The Hall–Kier alpha value is -0.0800. The minimum Gasteiger partial charge on any atom is -0.315 e. The quantitative estimate of drug-likeness (QED) is 0.605. The summed E-state index contributed by atoms with van der Waals surface area (Å²) in [4.78, 5) is 2.44. The Balaban J connectivity index is 3.38. The molecule has 1 N–H and O–H groups in total. The van der Waals surface area contributed by atoms with Crippen LogP contribution in [0.3, 0.4) is 0 Å². The minimum absolute atomic E-state index is 0.723. The third kappa shape index (κ3) is 7.34. The molecule has 0 radical (unpaired) electrons. The molecule has 14 heavy (non-hydrogen) atoms. The summed E-state index contributed by atoms with van der Waals surface area (Å²) in [5.74, 6) is 0.758. The molecule has 0 spiro atoms. The molecular weight excluding hydrogens is 172 g/mol. The van der Waals surface area contributed by atoms with Crippen LogP contribution in [0, 0.1) is 5.92 Å². The zero-order valence-corrected chi connectivity index (χ0v) is 10.6. The molecule has 1 unspecified atom stereocenters. The molecule has 0 amide bonds. The summed E-state index contributed by atoms with van der Waals surface area (Å²) < 4.78 is 0. The highest BCUT2D eigenvalue weighted by Crippen LogP contribution is 2.02. The largest absolute Gasteiger partial charge is 0.315 e. The first kappa shape index (κ1) is 13.9. The van der Waals surface area contributed by atoms with E-state index in [1.807, 2.05) is 0 Å². The molecule has 2 heteroatoms. The van der Waals surface area contributed by atoms with Gasteiger partial charge in [-0.15, -0.1) is 0 Å². The highest BCUT2D eigenvalue weighted by molar-refractivity contribution is 4.63. The van der Waals surface area contributed by atoms with Crippen LogP contribution in [0.25, 0.3) is 0 Å². The second-order valence-corrected chi connectivity index (χ2v) is 4.72. The van der Waals surface area contributed by atoms with Gasteiger partial charge in [-0.3, -0.25) is 0 Å². The zero-order chi connectivity index (χ0) is 11.0. The molecule has 0 aliphatic carbocycles. The lowest BCUT2D eigenvalue weighted by atomic mass is 10.2. The van der Waals surface area contributed by atoms with E-state index < -0.39 is 0 Å². The highest BCUT2D eigenvalue weighted by atomic mass is 15.1. The van der Waals surface area contributed by atoms with Crippen molar-refractivity contribution in [3.05, 3.63) is 0 Å². The van der Waals surface area contributed by atoms with Crippen LogP contribution in [0.2, 0.25) is 0 Å². The summed E-state index contributed by atoms with van der Waals surface area (Å²) >= 11 is 0. The van der Waals surface area contributed by atoms with Gasteiger partial charge in [0.05, 0.1) is 0 Å². The fraction of sp³-hybridized carbons (Fsp3) is 1.00. The van der Waals surface area contributed by atoms with Gasteiger partial charge in [0, 0.05) is 19.1 Å². The lowest BCUT2D eigenvalue weighted by Crippen LogP contribution is -2.36. The maximum atomic E-state index is 3.47. The monoisotopic (exact) mass is 200 g/mol. The second kappa shape index (κ2) is 8.25. The summed E-state index contributed by atoms with van der Waals surface area (Å²) in [5, 5.41) is 3.47. The average molecular weight is 200 g/mol. The Labute approximate surface area is 90.1 Å². The first-order valence-electron chi connectivity index (χ1n) is 5.98. The van der Waals surface area contributed by atoms with Crippen LogP contribution in [0.5, 0.6) is 0 Å². The van der Waals surface area contributed by atoms with E-state index in [1.54, 1.807) is 0 Å². The molecule has 0 aromatic heterocycles. The lowest BCUT2D eigenvalue weighted by molar-refractivity contribution is 0.244. The number of hydrogen-bond donors (Lipinski definition) is 1. The molecule has 0 rings (SSSR count).